The van der Waals surface area contributed by atoms with E-state index in [-0.39, 0.29) is 16.7 Å². The number of nitrogens with zero attached hydrogens (tertiary/aromatic N) is 1. The van der Waals surface area contributed by atoms with Crippen LogP contribution in [0.4, 0.5) is 10.5 Å². The fourth-order valence-corrected chi connectivity index (χ4v) is 4.68. The van der Waals surface area contributed by atoms with Crippen LogP contribution in [0.15, 0.2) is 65.8 Å². The SMILES string of the molecule is Cc1ccc(Cl)c(C)c1CS(=O)(=O)c1ccc(NC(=O)NCc2cccnc2)cc1. The van der Waals surface area contributed by atoms with Crippen molar-refractivity contribution >= 4 is 33.2 Å². The molecule has 1 aromatic heterocycles. The molecule has 2 N–H and O–H groups in total. The number of anilines is 1. The van der Waals surface area contributed by atoms with Crippen molar-refractivity contribution in [3.05, 3.63) is 88.2 Å². The van der Waals surface area contributed by atoms with Gasteiger partial charge in [-0.15, -0.1) is 0 Å². The van der Waals surface area contributed by atoms with Crippen LogP contribution in [-0.4, -0.2) is 19.4 Å². The number of rotatable bonds is 6. The summed E-state index contributed by atoms with van der Waals surface area (Å²) in [7, 11) is -3.56. The molecule has 0 bridgehead atoms. The summed E-state index contributed by atoms with van der Waals surface area (Å²) in [4.78, 5) is 16.2. The number of aromatic nitrogens is 1. The molecule has 0 saturated carbocycles. The highest BCUT2D eigenvalue weighted by atomic mass is 35.5. The molecule has 156 valence electrons. The first-order chi connectivity index (χ1) is 14.3. The number of benzene rings is 2. The van der Waals surface area contributed by atoms with Crippen molar-refractivity contribution in [2.24, 2.45) is 0 Å². The Morgan fingerprint density at radius 2 is 1.80 bits per heavy atom. The minimum absolute atomic E-state index is 0.135. The predicted molar refractivity (Wildman–Crippen MR) is 118 cm³/mol. The van der Waals surface area contributed by atoms with Crippen molar-refractivity contribution in [2.45, 2.75) is 31.0 Å². The third kappa shape index (κ3) is 5.37. The van der Waals surface area contributed by atoms with Crippen molar-refractivity contribution in [1.29, 1.82) is 0 Å². The standard InChI is InChI=1S/C22H22ClN3O3S/c1-15-5-10-21(23)16(2)20(15)14-30(28,29)19-8-6-18(7-9-19)26-22(27)25-13-17-4-3-11-24-12-17/h3-12H,13-14H2,1-2H3,(H2,25,26,27). The number of carbonyl (C=O) groups is 1. The molecule has 0 atom stereocenters. The van der Waals surface area contributed by atoms with Crippen molar-refractivity contribution in [2.75, 3.05) is 5.32 Å². The van der Waals surface area contributed by atoms with Crippen LogP contribution in [0.5, 0.6) is 0 Å². The van der Waals surface area contributed by atoms with Gasteiger partial charge in [0.2, 0.25) is 0 Å². The molecule has 3 aromatic rings. The van der Waals surface area contributed by atoms with E-state index >= 15 is 0 Å². The monoisotopic (exact) mass is 443 g/mol. The van der Waals surface area contributed by atoms with Crippen molar-refractivity contribution in [3.8, 4) is 0 Å². The molecule has 1 heterocycles. The summed E-state index contributed by atoms with van der Waals surface area (Å²) in [5.41, 5.74) is 3.72. The van der Waals surface area contributed by atoms with E-state index in [1.54, 1.807) is 36.7 Å². The molecule has 2 amide bonds. The number of pyridine rings is 1. The average Bonchev–Trinajstić information content (AvgIpc) is 2.74. The Bertz CT molecular complexity index is 1150. The van der Waals surface area contributed by atoms with Gasteiger partial charge in [0.25, 0.3) is 0 Å². The molecule has 0 fully saturated rings. The van der Waals surface area contributed by atoms with Gasteiger partial charge in [0, 0.05) is 29.6 Å². The molecule has 0 aliphatic heterocycles. The van der Waals surface area contributed by atoms with Crippen LogP contribution in [0.3, 0.4) is 0 Å². The number of hydrogen-bond donors (Lipinski definition) is 2. The second-order valence-electron chi connectivity index (χ2n) is 6.92. The zero-order valence-electron chi connectivity index (χ0n) is 16.6. The maximum atomic E-state index is 12.9. The normalized spacial score (nSPS) is 11.2. The largest absolute Gasteiger partial charge is 0.334 e. The molecule has 0 saturated heterocycles. The third-order valence-electron chi connectivity index (χ3n) is 4.75. The number of amides is 2. The number of sulfone groups is 1. The molecule has 0 spiro atoms. The number of carbonyl (C=O) groups excluding carboxylic acids is 1. The molecular formula is C22H22ClN3O3S. The quantitative estimate of drug-likeness (QED) is 0.580. The van der Waals surface area contributed by atoms with Crippen LogP contribution in [0.1, 0.15) is 22.3 Å². The van der Waals surface area contributed by atoms with E-state index in [9.17, 15) is 13.2 Å². The Hall–Kier alpha value is -2.90. The maximum absolute atomic E-state index is 12.9. The number of urea groups is 1. The lowest BCUT2D eigenvalue weighted by molar-refractivity contribution is 0.251. The van der Waals surface area contributed by atoms with Crippen molar-refractivity contribution in [3.63, 3.8) is 0 Å². The van der Waals surface area contributed by atoms with Crippen LogP contribution in [-0.2, 0) is 22.1 Å². The van der Waals surface area contributed by atoms with Crippen LogP contribution < -0.4 is 10.6 Å². The lowest BCUT2D eigenvalue weighted by atomic mass is 10.0. The van der Waals surface area contributed by atoms with Crippen LogP contribution in [0, 0.1) is 13.8 Å². The van der Waals surface area contributed by atoms with Gasteiger partial charge in [-0.05, 0) is 72.5 Å². The molecule has 0 unspecified atom stereocenters. The highest BCUT2D eigenvalue weighted by Crippen LogP contribution is 2.27. The fraction of sp³-hybridized carbons (Fsp3) is 0.182. The van der Waals surface area contributed by atoms with E-state index in [4.69, 9.17) is 11.6 Å². The van der Waals surface area contributed by atoms with Crippen LogP contribution >= 0.6 is 11.6 Å². The Balaban J connectivity index is 1.66. The Morgan fingerprint density at radius 1 is 1.07 bits per heavy atom. The van der Waals surface area contributed by atoms with Gasteiger partial charge in [-0.1, -0.05) is 23.7 Å². The van der Waals surface area contributed by atoms with Crippen LogP contribution in [0.25, 0.3) is 0 Å². The van der Waals surface area contributed by atoms with E-state index in [0.717, 1.165) is 16.7 Å². The summed E-state index contributed by atoms with van der Waals surface area (Å²) < 4.78 is 25.7. The first-order valence-electron chi connectivity index (χ1n) is 9.27. The first kappa shape index (κ1) is 21.8. The summed E-state index contributed by atoms with van der Waals surface area (Å²) in [6.07, 6.45) is 3.33. The molecule has 8 heteroatoms. The van der Waals surface area contributed by atoms with E-state index in [1.807, 2.05) is 26.0 Å². The average molecular weight is 444 g/mol. The highest BCUT2D eigenvalue weighted by Gasteiger charge is 2.19. The lowest BCUT2D eigenvalue weighted by Gasteiger charge is -2.13. The Morgan fingerprint density at radius 3 is 2.47 bits per heavy atom. The van der Waals surface area contributed by atoms with Crippen LogP contribution in [0.2, 0.25) is 5.02 Å². The third-order valence-corrected chi connectivity index (χ3v) is 6.82. The minimum Gasteiger partial charge on any atom is -0.334 e. The van der Waals surface area contributed by atoms with Crippen molar-refractivity contribution in [1.82, 2.24) is 10.3 Å². The van der Waals surface area contributed by atoms with Gasteiger partial charge in [0.05, 0.1) is 10.6 Å². The first-order valence-corrected chi connectivity index (χ1v) is 11.3. The number of aryl methyl sites for hydroxylation is 1. The highest BCUT2D eigenvalue weighted by molar-refractivity contribution is 7.90. The van der Waals surface area contributed by atoms with Gasteiger partial charge in [-0.3, -0.25) is 4.98 Å². The van der Waals surface area contributed by atoms with Gasteiger partial charge < -0.3 is 10.6 Å². The van der Waals surface area contributed by atoms with E-state index < -0.39 is 9.84 Å². The number of halogens is 1. The van der Waals surface area contributed by atoms with E-state index in [0.29, 0.717) is 22.8 Å². The topological polar surface area (TPSA) is 88.2 Å². The van der Waals surface area contributed by atoms with Gasteiger partial charge in [-0.25, -0.2) is 13.2 Å². The smallest absolute Gasteiger partial charge is 0.319 e. The van der Waals surface area contributed by atoms with E-state index in [2.05, 4.69) is 15.6 Å². The summed E-state index contributed by atoms with van der Waals surface area (Å²) in [5.74, 6) is -0.135. The van der Waals surface area contributed by atoms with Gasteiger partial charge >= 0.3 is 6.03 Å². The lowest BCUT2D eigenvalue weighted by Crippen LogP contribution is -2.28. The van der Waals surface area contributed by atoms with Gasteiger partial charge in [0.15, 0.2) is 9.84 Å². The molecule has 2 aromatic carbocycles. The molecule has 0 aliphatic rings. The summed E-state index contributed by atoms with van der Waals surface area (Å²) >= 11 is 6.15. The van der Waals surface area contributed by atoms with Gasteiger partial charge in [-0.2, -0.15) is 0 Å². The summed E-state index contributed by atoms with van der Waals surface area (Å²) in [5, 5.41) is 5.95. The fourth-order valence-electron chi connectivity index (χ4n) is 2.97. The zero-order valence-corrected chi connectivity index (χ0v) is 18.2. The second kappa shape index (κ2) is 9.28. The summed E-state index contributed by atoms with van der Waals surface area (Å²) in [6, 6.07) is 12.9. The van der Waals surface area contributed by atoms with Crippen molar-refractivity contribution < 1.29 is 13.2 Å². The predicted octanol–water partition coefficient (Wildman–Crippen LogP) is 4.65. The molecule has 3 rings (SSSR count). The van der Waals surface area contributed by atoms with E-state index in [1.165, 1.54) is 12.1 Å². The summed E-state index contributed by atoms with van der Waals surface area (Å²) in [6.45, 7) is 4.02. The molecule has 6 nitrogen and oxygen atoms in total. The Labute approximate surface area is 181 Å². The molecule has 0 aliphatic carbocycles. The molecule has 0 radical (unpaired) electrons. The number of hydrogen-bond acceptors (Lipinski definition) is 4. The molecular weight excluding hydrogens is 422 g/mol. The molecule has 30 heavy (non-hydrogen) atoms. The number of nitrogens with one attached hydrogen (secondary N) is 2. The zero-order chi connectivity index (χ0) is 21.7. The second-order valence-corrected chi connectivity index (χ2v) is 9.32. The maximum Gasteiger partial charge on any atom is 0.319 e. The minimum atomic E-state index is -3.56. The van der Waals surface area contributed by atoms with Gasteiger partial charge in [0.1, 0.15) is 0 Å². The Kier molecular flexibility index (Phi) is 6.74.